The standard InChI is InChI=1S/C15H12N6O/c22-15(12-6-8-16-9-7-12)19-17-10-13-11-18-21(20-13)14-4-2-1-3-5-14/h1-11H,(H,19,22)/b17-10+. The minimum Gasteiger partial charge on any atom is -0.267 e. The van der Waals surface area contributed by atoms with Crippen LogP contribution in [0.1, 0.15) is 16.1 Å². The average Bonchev–Trinajstić information content (AvgIpc) is 3.05. The van der Waals surface area contributed by atoms with Crippen LogP contribution in [0.4, 0.5) is 0 Å². The molecule has 1 amide bonds. The highest BCUT2D eigenvalue weighted by molar-refractivity contribution is 5.94. The van der Waals surface area contributed by atoms with Crippen molar-refractivity contribution in [3.05, 3.63) is 72.3 Å². The molecular weight excluding hydrogens is 280 g/mol. The molecule has 0 unspecified atom stereocenters. The van der Waals surface area contributed by atoms with E-state index in [2.05, 4.69) is 25.7 Å². The van der Waals surface area contributed by atoms with Gasteiger partial charge in [0.2, 0.25) is 0 Å². The highest BCUT2D eigenvalue weighted by Gasteiger charge is 2.03. The van der Waals surface area contributed by atoms with Crippen molar-refractivity contribution in [1.82, 2.24) is 25.4 Å². The van der Waals surface area contributed by atoms with Crippen LogP contribution >= 0.6 is 0 Å². The Morgan fingerprint density at radius 3 is 2.68 bits per heavy atom. The van der Waals surface area contributed by atoms with Gasteiger partial charge in [0.15, 0.2) is 0 Å². The fourth-order valence-electron chi connectivity index (χ4n) is 1.74. The molecule has 0 aliphatic heterocycles. The van der Waals surface area contributed by atoms with E-state index in [0.717, 1.165) is 5.69 Å². The number of rotatable bonds is 4. The fourth-order valence-corrected chi connectivity index (χ4v) is 1.74. The van der Waals surface area contributed by atoms with Crippen LogP contribution in [0, 0.1) is 0 Å². The zero-order chi connectivity index (χ0) is 15.2. The molecule has 0 bridgehead atoms. The van der Waals surface area contributed by atoms with Crippen LogP contribution in [0.25, 0.3) is 5.69 Å². The van der Waals surface area contributed by atoms with E-state index in [1.54, 1.807) is 30.7 Å². The van der Waals surface area contributed by atoms with Gasteiger partial charge in [-0.2, -0.15) is 15.0 Å². The Labute approximate surface area is 126 Å². The number of pyridine rings is 1. The number of hydrogen-bond donors (Lipinski definition) is 1. The molecular formula is C15H12N6O. The van der Waals surface area contributed by atoms with Gasteiger partial charge in [0.25, 0.3) is 5.91 Å². The summed E-state index contributed by atoms with van der Waals surface area (Å²) in [5, 5.41) is 12.2. The zero-order valence-electron chi connectivity index (χ0n) is 11.5. The van der Waals surface area contributed by atoms with Crippen LogP contribution in [-0.4, -0.2) is 32.1 Å². The van der Waals surface area contributed by atoms with Gasteiger partial charge in [-0.05, 0) is 24.3 Å². The molecule has 0 radical (unpaired) electrons. The van der Waals surface area contributed by atoms with Crippen LogP contribution in [0.3, 0.4) is 0 Å². The molecule has 0 spiro atoms. The van der Waals surface area contributed by atoms with Gasteiger partial charge < -0.3 is 0 Å². The maximum Gasteiger partial charge on any atom is 0.271 e. The number of amides is 1. The van der Waals surface area contributed by atoms with Crippen molar-refractivity contribution < 1.29 is 4.79 Å². The van der Waals surface area contributed by atoms with Gasteiger partial charge in [-0.15, -0.1) is 5.10 Å². The Bertz CT molecular complexity index is 782. The third kappa shape index (κ3) is 3.21. The Morgan fingerprint density at radius 1 is 1.14 bits per heavy atom. The number of hydrogen-bond acceptors (Lipinski definition) is 5. The SMILES string of the molecule is O=C(N/N=C/c1cnn(-c2ccccc2)n1)c1ccncc1. The summed E-state index contributed by atoms with van der Waals surface area (Å²) < 4.78 is 0. The number of nitrogens with one attached hydrogen (secondary N) is 1. The number of nitrogens with zero attached hydrogens (tertiary/aromatic N) is 5. The number of hydrazone groups is 1. The van der Waals surface area contributed by atoms with Crippen LogP contribution in [-0.2, 0) is 0 Å². The molecule has 0 aliphatic rings. The molecule has 7 nitrogen and oxygen atoms in total. The predicted molar refractivity (Wildman–Crippen MR) is 80.7 cm³/mol. The third-order valence-electron chi connectivity index (χ3n) is 2.80. The van der Waals surface area contributed by atoms with E-state index in [9.17, 15) is 4.79 Å². The van der Waals surface area contributed by atoms with Gasteiger partial charge in [0.1, 0.15) is 5.69 Å². The van der Waals surface area contributed by atoms with E-state index < -0.39 is 0 Å². The van der Waals surface area contributed by atoms with Gasteiger partial charge >= 0.3 is 0 Å². The van der Waals surface area contributed by atoms with Crippen molar-refractivity contribution in [1.29, 1.82) is 0 Å². The first kappa shape index (κ1) is 13.6. The molecule has 2 heterocycles. The van der Waals surface area contributed by atoms with Gasteiger partial charge in [-0.25, -0.2) is 5.43 Å². The number of carbonyl (C=O) groups excluding carboxylic acids is 1. The second kappa shape index (κ2) is 6.40. The topological polar surface area (TPSA) is 85.1 Å². The van der Waals surface area contributed by atoms with Crippen molar-refractivity contribution in [3.63, 3.8) is 0 Å². The number of aromatic nitrogens is 4. The average molecular weight is 292 g/mol. The minimum absolute atomic E-state index is 0.311. The Hall–Kier alpha value is -3.35. The zero-order valence-corrected chi connectivity index (χ0v) is 11.5. The lowest BCUT2D eigenvalue weighted by molar-refractivity contribution is 0.0955. The Morgan fingerprint density at radius 2 is 1.91 bits per heavy atom. The minimum atomic E-state index is -0.311. The molecule has 7 heteroatoms. The maximum atomic E-state index is 11.8. The van der Waals surface area contributed by atoms with E-state index in [1.165, 1.54) is 11.0 Å². The second-order valence-electron chi connectivity index (χ2n) is 4.33. The number of carbonyl (C=O) groups is 1. The lowest BCUT2D eigenvalue weighted by Crippen LogP contribution is -2.17. The van der Waals surface area contributed by atoms with Crippen LogP contribution in [0.5, 0.6) is 0 Å². The van der Waals surface area contributed by atoms with Crippen molar-refractivity contribution in [2.24, 2.45) is 5.10 Å². The monoisotopic (exact) mass is 292 g/mol. The quantitative estimate of drug-likeness (QED) is 0.582. The summed E-state index contributed by atoms with van der Waals surface area (Å²) in [5.74, 6) is -0.311. The van der Waals surface area contributed by atoms with Crippen molar-refractivity contribution in [3.8, 4) is 5.69 Å². The second-order valence-corrected chi connectivity index (χ2v) is 4.33. The molecule has 0 atom stereocenters. The van der Waals surface area contributed by atoms with Gasteiger partial charge in [-0.3, -0.25) is 9.78 Å². The molecule has 3 rings (SSSR count). The first-order valence-corrected chi connectivity index (χ1v) is 6.54. The lowest BCUT2D eigenvalue weighted by atomic mass is 10.3. The summed E-state index contributed by atoms with van der Waals surface area (Å²) in [6.07, 6.45) is 6.09. The predicted octanol–water partition coefficient (Wildman–Crippen LogP) is 1.43. The summed E-state index contributed by atoms with van der Waals surface area (Å²) in [6.45, 7) is 0. The Kier molecular flexibility index (Phi) is 3.96. The molecule has 0 fully saturated rings. The number of para-hydroxylation sites is 1. The molecule has 0 saturated carbocycles. The van der Waals surface area contributed by atoms with E-state index >= 15 is 0 Å². The maximum absolute atomic E-state index is 11.8. The summed E-state index contributed by atoms with van der Waals surface area (Å²) in [7, 11) is 0. The van der Waals surface area contributed by atoms with Gasteiger partial charge in [-0.1, -0.05) is 18.2 Å². The molecule has 0 aliphatic carbocycles. The third-order valence-corrected chi connectivity index (χ3v) is 2.80. The van der Waals surface area contributed by atoms with Gasteiger partial charge in [0, 0.05) is 18.0 Å². The molecule has 108 valence electrons. The van der Waals surface area contributed by atoms with Crippen molar-refractivity contribution in [2.45, 2.75) is 0 Å². The summed E-state index contributed by atoms with van der Waals surface area (Å²) >= 11 is 0. The first-order valence-electron chi connectivity index (χ1n) is 6.54. The van der Waals surface area contributed by atoms with Crippen LogP contribution < -0.4 is 5.43 Å². The summed E-state index contributed by atoms with van der Waals surface area (Å²) in [6, 6.07) is 12.7. The lowest BCUT2D eigenvalue weighted by Gasteiger charge is -1.97. The molecule has 3 aromatic rings. The van der Waals surface area contributed by atoms with E-state index in [4.69, 9.17) is 0 Å². The molecule has 2 aromatic heterocycles. The van der Waals surface area contributed by atoms with Crippen LogP contribution in [0.2, 0.25) is 0 Å². The molecule has 0 saturated heterocycles. The summed E-state index contributed by atoms with van der Waals surface area (Å²) in [5.41, 5.74) is 4.30. The van der Waals surface area contributed by atoms with Crippen molar-refractivity contribution >= 4 is 12.1 Å². The van der Waals surface area contributed by atoms with E-state index in [-0.39, 0.29) is 5.91 Å². The van der Waals surface area contributed by atoms with E-state index in [0.29, 0.717) is 11.3 Å². The molecule has 1 N–H and O–H groups in total. The Balaban J connectivity index is 1.64. The largest absolute Gasteiger partial charge is 0.271 e. The van der Waals surface area contributed by atoms with Gasteiger partial charge in [0.05, 0.1) is 18.1 Å². The highest BCUT2D eigenvalue weighted by Crippen LogP contribution is 2.03. The van der Waals surface area contributed by atoms with Crippen molar-refractivity contribution in [2.75, 3.05) is 0 Å². The number of benzene rings is 1. The van der Waals surface area contributed by atoms with Crippen LogP contribution in [0.15, 0.2) is 66.2 Å². The highest BCUT2D eigenvalue weighted by atomic mass is 16.2. The normalized spacial score (nSPS) is 10.7. The van der Waals surface area contributed by atoms with E-state index in [1.807, 2.05) is 30.3 Å². The first-order chi connectivity index (χ1) is 10.8. The smallest absolute Gasteiger partial charge is 0.267 e. The fraction of sp³-hybridized carbons (Fsp3) is 0. The summed E-state index contributed by atoms with van der Waals surface area (Å²) in [4.78, 5) is 17.1. The molecule has 1 aromatic carbocycles. The molecule has 22 heavy (non-hydrogen) atoms.